The number of rotatable bonds is 5. The molecule has 0 saturated carbocycles. The third kappa shape index (κ3) is 4.87. The number of hydrogen-bond donors (Lipinski definition) is 1. The van der Waals surface area contributed by atoms with Crippen LogP contribution in [0.1, 0.15) is 25.7 Å². The van der Waals surface area contributed by atoms with Crippen molar-refractivity contribution in [2.45, 2.75) is 31.3 Å². The van der Waals surface area contributed by atoms with Crippen molar-refractivity contribution in [2.75, 3.05) is 39.9 Å². The lowest BCUT2D eigenvalue weighted by atomic mass is 9.88. The highest BCUT2D eigenvalue weighted by Crippen LogP contribution is 2.28. The minimum Gasteiger partial charge on any atom is -0.493 e. The van der Waals surface area contributed by atoms with E-state index in [1.165, 1.54) is 0 Å². The first-order chi connectivity index (χ1) is 11.7. The number of hydrogen-bond acceptors (Lipinski definition) is 4. The maximum Gasteiger partial charge on any atom is 0.254 e. The Morgan fingerprint density at radius 3 is 2.44 bits per heavy atom. The second-order valence-electron chi connectivity index (χ2n) is 6.81. The Hall–Kier alpha value is -1.30. The number of para-hydroxylation sites is 1. The summed E-state index contributed by atoms with van der Waals surface area (Å²) in [6.07, 6.45) is 3.52. The van der Waals surface area contributed by atoms with Crippen LogP contribution < -0.4 is 10.1 Å². The normalized spacial score (nSPS) is 20.6. The molecule has 25 heavy (non-hydrogen) atoms. The number of carbonyl (C=O) groups excluding carboxylic acids is 1. The van der Waals surface area contributed by atoms with Gasteiger partial charge in [0.25, 0.3) is 5.91 Å². The van der Waals surface area contributed by atoms with Gasteiger partial charge in [-0.3, -0.25) is 4.79 Å². The van der Waals surface area contributed by atoms with Crippen molar-refractivity contribution in [3.05, 3.63) is 30.3 Å². The van der Waals surface area contributed by atoms with Gasteiger partial charge in [0.2, 0.25) is 0 Å². The summed E-state index contributed by atoms with van der Waals surface area (Å²) in [6.45, 7) is 4.04. The van der Waals surface area contributed by atoms with Crippen LogP contribution in [0.3, 0.4) is 0 Å². The molecule has 2 aliphatic rings. The molecule has 0 spiro atoms. The topological polar surface area (TPSA) is 50.8 Å². The Bertz CT molecular complexity index is 527. The van der Waals surface area contributed by atoms with Crippen LogP contribution >= 0.6 is 12.4 Å². The first-order valence-corrected chi connectivity index (χ1v) is 8.97. The molecule has 0 atom stereocenters. The first kappa shape index (κ1) is 20.0. The second kappa shape index (κ2) is 9.41. The number of benzene rings is 1. The molecule has 6 heteroatoms. The fourth-order valence-corrected chi connectivity index (χ4v) is 3.66. The number of ether oxygens (including phenoxy) is 2. The predicted molar refractivity (Wildman–Crippen MR) is 100 cm³/mol. The van der Waals surface area contributed by atoms with Crippen LogP contribution in [0.4, 0.5) is 0 Å². The van der Waals surface area contributed by atoms with Crippen molar-refractivity contribution in [3.63, 3.8) is 0 Å². The summed E-state index contributed by atoms with van der Waals surface area (Å²) in [6, 6.07) is 9.93. The fourth-order valence-electron chi connectivity index (χ4n) is 3.66. The SMILES string of the molecule is COC1(C(=O)N2CCC(COc3ccccc3)CC2)CCNCC1.Cl. The van der Waals surface area contributed by atoms with E-state index in [-0.39, 0.29) is 18.3 Å². The minimum atomic E-state index is -0.612. The highest BCUT2D eigenvalue weighted by Gasteiger charge is 2.43. The Labute approximate surface area is 156 Å². The average Bonchev–Trinajstić information content (AvgIpc) is 2.67. The van der Waals surface area contributed by atoms with Gasteiger partial charge in [0.15, 0.2) is 0 Å². The van der Waals surface area contributed by atoms with Crippen molar-refractivity contribution in [3.8, 4) is 5.75 Å². The maximum atomic E-state index is 12.9. The molecule has 1 amide bonds. The van der Waals surface area contributed by atoms with E-state index in [1.54, 1.807) is 7.11 Å². The summed E-state index contributed by atoms with van der Waals surface area (Å²) in [5, 5.41) is 3.30. The zero-order chi connectivity index (χ0) is 16.8. The molecule has 1 aromatic carbocycles. The number of methoxy groups -OCH3 is 1. The van der Waals surface area contributed by atoms with Crippen LogP contribution in [0.25, 0.3) is 0 Å². The van der Waals surface area contributed by atoms with Crippen LogP contribution in [0.15, 0.2) is 30.3 Å². The van der Waals surface area contributed by atoms with Crippen LogP contribution in [-0.2, 0) is 9.53 Å². The lowest BCUT2D eigenvalue weighted by molar-refractivity contribution is -0.159. The molecule has 0 aliphatic carbocycles. The van der Waals surface area contributed by atoms with Gasteiger partial charge >= 0.3 is 0 Å². The molecule has 0 unspecified atom stereocenters. The second-order valence-corrected chi connectivity index (χ2v) is 6.81. The van der Waals surface area contributed by atoms with E-state index in [0.29, 0.717) is 5.92 Å². The number of nitrogens with zero attached hydrogens (tertiary/aromatic N) is 1. The summed E-state index contributed by atoms with van der Waals surface area (Å²) in [5.41, 5.74) is -0.612. The highest BCUT2D eigenvalue weighted by atomic mass is 35.5. The van der Waals surface area contributed by atoms with Crippen molar-refractivity contribution in [2.24, 2.45) is 5.92 Å². The highest BCUT2D eigenvalue weighted by molar-refractivity contribution is 5.86. The molecule has 0 bridgehead atoms. The molecule has 0 radical (unpaired) electrons. The van der Waals surface area contributed by atoms with Crippen LogP contribution in [0.2, 0.25) is 0 Å². The summed E-state index contributed by atoms with van der Waals surface area (Å²) in [5.74, 6) is 1.61. The van der Waals surface area contributed by atoms with Gasteiger partial charge in [-0.25, -0.2) is 0 Å². The Kier molecular flexibility index (Phi) is 7.54. The third-order valence-electron chi connectivity index (χ3n) is 5.32. The van der Waals surface area contributed by atoms with Gasteiger partial charge in [0.05, 0.1) is 6.61 Å². The molecular formula is C19H29ClN2O3. The monoisotopic (exact) mass is 368 g/mol. The van der Waals surface area contributed by atoms with Gasteiger partial charge in [-0.1, -0.05) is 18.2 Å². The predicted octanol–water partition coefficient (Wildman–Crippen LogP) is 2.49. The minimum absolute atomic E-state index is 0. The van der Waals surface area contributed by atoms with E-state index in [1.807, 2.05) is 35.2 Å². The molecule has 2 saturated heterocycles. The Balaban J connectivity index is 0.00000225. The van der Waals surface area contributed by atoms with Crippen LogP contribution in [-0.4, -0.2) is 56.3 Å². The van der Waals surface area contributed by atoms with Crippen molar-refractivity contribution in [1.82, 2.24) is 10.2 Å². The van der Waals surface area contributed by atoms with E-state index < -0.39 is 5.60 Å². The van der Waals surface area contributed by atoms with E-state index in [0.717, 1.165) is 64.2 Å². The van der Waals surface area contributed by atoms with E-state index >= 15 is 0 Å². The van der Waals surface area contributed by atoms with Crippen LogP contribution in [0.5, 0.6) is 5.75 Å². The maximum absolute atomic E-state index is 12.9. The van der Waals surface area contributed by atoms with E-state index in [9.17, 15) is 4.79 Å². The fraction of sp³-hybridized carbons (Fsp3) is 0.632. The number of piperidine rings is 2. The lowest BCUT2D eigenvalue weighted by Gasteiger charge is -2.41. The molecule has 2 fully saturated rings. The Morgan fingerprint density at radius 2 is 1.84 bits per heavy atom. The summed E-state index contributed by atoms with van der Waals surface area (Å²) < 4.78 is 11.5. The van der Waals surface area contributed by atoms with Gasteiger partial charge in [0.1, 0.15) is 11.4 Å². The summed E-state index contributed by atoms with van der Waals surface area (Å²) in [4.78, 5) is 14.9. The van der Waals surface area contributed by atoms with Crippen molar-refractivity contribution in [1.29, 1.82) is 0 Å². The Morgan fingerprint density at radius 1 is 1.20 bits per heavy atom. The molecule has 3 rings (SSSR count). The largest absolute Gasteiger partial charge is 0.493 e. The van der Waals surface area contributed by atoms with Gasteiger partial charge in [-0.2, -0.15) is 0 Å². The molecule has 1 N–H and O–H groups in total. The molecule has 5 nitrogen and oxygen atoms in total. The van der Waals surface area contributed by atoms with Crippen LogP contribution in [0, 0.1) is 5.92 Å². The number of halogens is 1. The smallest absolute Gasteiger partial charge is 0.254 e. The third-order valence-corrected chi connectivity index (χ3v) is 5.32. The van der Waals surface area contributed by atoms with Gasteiger partial charge in [0, 0.05) is 20.2 Å². The summed E-state index contributed by atoms with van der Waals surface area (Å²) >= 11 is 0. The number of nitrogens with one attached hydrogen (secondary N) is 1. The molecule has 2 aliphatic heterocycles. The first-order valence-electron chi connectivity index (χ1n) is 8.97. The molecule has 140 valence electrons. The van der Waals surface area contributed by atoms with Gasteiger partial charge in [-0.15, -0.1) is 12.4 Å². The van der Waals surface area contributed by atoms with Crippen molar-refractivity contribution >= 4 is 18.3 Å². The zero-order valence-electron chi connectivity index (χ0n) is 14.9. The molecule has 0 aromatic heterocycles. The summed E-state index contributed by atoms with van der Waals surface area (Å²) in [7, 11) is 1.67. The lowest BCUT2D eigenvalue weighted by Crippen LogP contribution is -2.56. The van der Waals surface area contributed by atoms with E-state index in [2.05, 4.69) is 5.32 Å². The molecule has 1 aromatic rings. The van der Waals surface area contributed by atoms with E-state index in [4.69, 9.17) is 9.47 Å². The van der Waals surface area contributed by atoms with Crippen molar-refractivity contribution < 1.29 is 14.3 Å². The quantitative estimate of drug-likeness (QED) is 0.867. The average molecular weight is 369 g/mol. The standard InChI is InChI=1S/C19H28N2O3.ClH/c1-23-19(9-11-20-12-10-19)18(22)21-13-7-16(8-14-21)15-24-17-5-3-2-4-6-17;/h2-6,16,20H,7-15H2,1H3;1H. The molecular weight excluding hydrogens is 340 g/mol. The van der Waals surface area contributed by atoms with Gasteiger partial charge < -0.3 is 19.7 Å². The number of amides is 1. The zero-order valence-corrected chi connectivity index (χ0v) is 15.7. The molecule has 2 heterocycles. The number of carbonyl (C=O) groups is 1. The number of likely N-dealkylation sites (tertiary alicyclic amines) is 1. The van der Waals surface area contributed by atoms with Gasteiger partial charge in [-0.05, 0) is 56.8 Å².